The monoisotopic (exact) mass is 396 g/mol. The summed E-state index contributed by atoms with van der Waals surface area (Å²) in [4.78, 5) is 29.7. The normalized spacial score (nSPS) is 21.4. The average Bonchev–Trinajstić information content (AvgIpc) is 2.77. The van der Waals surface area contributed by atoms with Gasteiger partial charge in [-0.15, -0.1) is 0 Å². The molecule has 4 rings (SSSR count). The van der Waals surface area contributed by atoms with E-state index < -0.39 is 5.82 Å². The molecule has 2 fully saturated rings. The lowest BCUT2D eigenvalue weighted by Gasteiger charge is -2.47. The predicted octanol–water partition coefficient (Wildman–Crippen LogP) is 3.60. The Hall–Kier alpha value is -2.89. The smallest absolute Gasteiger partial charge is 0.254 e. The molecule has 2 aromatic rings. The number of carbonyl (C=O) groups excluding carboxylic acids is 2. The zero-order valence-electron chi connectivity index (χ0n) is 16.5. The van der Waals surface area contributed by atoms with Gasteiger partial charge >= 0.3 is 0 Å². The number of fused-ring (bicyclic) bond motifs is 1. The van der Waals surface area contributed by atoms with Gasteiger partial charge in [0.2, 0.25) is 0 Å². The van der Waals surface area contributed by atoms with Gasteiger partial charge < -0.3 is 14.5 Å². The summed E-state index contributed by atoms with van der Waals surface area (Å²) in [5.74, 6) is 0.380. The number of carbonyl (C=O) groups is 2. The highest BCUT2D eigenvalue weighted by Crippen LogP contribution is 2.32. The summed E-state index contributed by atoms with van der Waals surface area (Å²) < 4.78 is 18.8. The molecule has 0 saturated carbocycles. The number of methoxy groups -OCH3 is 1. The third-order valence-electron chi connectivity index (χ3n) is 6.00. The number of hydrogen-bond donors (Lipinski definition) is 0. The molecular formula is C23H25FN2O3. The van der Waals surface area contributed by atoms with Crippen molar-refractivity contribution in [2.24, 2.45) is 5.92 Å². The van der Waals surface area contributed by atoms with E-state index in [0.717, 1.165) is 19.3 Å². The summed E-state index contributed by atoms with van der Waals surface area (Å²) in [6.07, 6.45) is 2.62. The average molecular weight is 396 g/mol. The zero-order chi connectivity index (χ0) is 20.4. The predicted molar refractivity (Wildman–Crippen MR) is 107 cm³/mol. The van der Waals surface area contributed by atoms with Crippen LogP contribution in [0.2, 0.25) is 0 Å². The molecule has 5 nitrogen and oxygen atoms in total. The Balaban J connectivity index is 1.47. The van der Waals surface area contributed by atoms with Crippen molar-refractivity contribution in [2.75, 3.05) is 26.7 Å². The molecule has 2 atom stereocenters. The highest BCUT2D eigenvalue weighted by atomic mass is 19.1. The van der Waals surface area contributed by atoms with Gasteiger partial charge in [-0.2, -0.15) is 0 Å². The topological polar surface area (TPSA) is 49.9 Å². The third kappa shape index (κ3) is 3.97. The van der Waals surface area contributed by atoms with Crippen LogP contribution in [0.3, 0.4) is 0 Å². The lowest BCUT2D eigenvalue weighted by molar-refractivity contribution is 0.0197. The molecule has 152 valence electrons. The fourth-order valence-corrected chi connectivity index (χ4v) is 4.57. The molecule has 2 aliphatic rings. The van der Waals surface area contributed by atoms with Gasteiger partial charge in [-0.05, 0) is 61.6 Å². The van der Waals surface area contributed by atoms with Gasteiger partial charge in [0, 0.05) is 36.8 Å². The SMILES string of the molecule is COc1cccc(C(=O)N2CC[C@@H]3[C@H](CCCN3C(=O)c3cccc(F)c3)C2)c1. The van der Waals surface area contributed by atoms with Crippen LogP contribution in [0.5, 0.6) is 5.75 Å². The fraction of sp³-hybridized carbons (Fsp3) is 0.391. The van der Waals surface area contributed by atoms with Gasteiger partial charge in [0.15, 0.2) is 0 Å². The van der Waals surface area contributed by atoms with Gasteiger partial charge in [0.25, 0.3) is 11.8 Å². The van der Waals surface area contributed by atoms with E-state index in [-0.39, 0.29) is 23.8 Å². The number of hydrogen-bond acceptors (Lipinski definition) is 3. The van der Waals surface area contributed by atoms with Gasteiger partial charge in [0.1, 0.15) is 11.6 Å². The number of nitrogens with zero attached hydrogens (tertiary/aromatic N) is 2. The first kappa shape index (κ1) is 19.4. The maximum atomic E-state index is 13.6. The second kappa shape index (κ2) is 8.23. The van der Waals surface area contributed by atoms with E-state index in [0.29, 0.717) is 36.5 Å². The third-order valence-corrected chi connectivity index (χ3v) is 6.00. The molecule has 6 heteroatoms. The maximum absolute atomic E-state index is 13.6. The van der Waals surface area contributed by atoms with Crippen molar-refractivity contribution in [2.45, 2.75) is 25.3 Å². The van der Waals surface area contributed by atoms with Crippen molar-refractivity contribution in [1.29, 1.82) is 0 Å². The number of ether oxygens (including phenoxy) is 1. The Morgan fingerprint density at radius 3 is 2.52 bits per heavy atom. The summed E-state index contributed by atoms with van der Waals surface area (Å²) in [5, 5.41) is 0. The highest BCUT2D eigenvalue weighted by molar-refractivity contribution is 5.95. The van der Waals surface area contributed by atoms with Crippen molar-refractivity contribution in [3.8, 4) is 5.75 Å². The van der Waals surface area contributed by atoms with E-state index in [4.69, 9.17) is 4.74 Å². The van der Waals surface area contributed by atoms with Crippen LogP contribution in [0, 0.1) is 11.7 Å². The maximum Gasteiger partial charge on any atom is 0.254 e. The van der Waals surface area contributed by atoms with E-state index in [1.54, 1.807) is 31.4 Å². The largest absolute Gasteiger partial charge is 0.497 e. The van der Waals surface area contributed by atoms with Crippen LogP contribution in [0.15, 0.2) is 48.5 Å². The fourth-order valence-electron chi connectivity index (χ4n) is 4.57. The number of piperidine rings is 2. The Bertz CT molecular complexity index is 917. The van der Waals surface area contributed by atoms with Crippen LogP contribution >= 0.6 is 0 Å². The van der Waals surface area contributed by atoms with Crippen LogP contribution < -0.4 is 4.74 Å². The van der Waals surface area contributed by atoms with Crippen LogP contribution in [-0.4, -0.2) is 54.4 Å². The molecule has 0 unspecified atom stereocenters. The minimum atomic E-state index is -0.400. The van der Waals surface area contributed by atoms with Crippen molar-refractivity contribution in [1.82, 2.24) is 9.80 Å². The second-order valence-corrected chi connectivity index (χ2v) is 7.75. The summed E-state index contributed by atoms with van der Waals surface area (Å²) in [6.45, 7) is 1.91. The number of benzene rings is 2. The van der Waals surface area contributed by atoms with Gasteiger partial charge in [0.05, 0.1) is 7.11 Å². The second-order valence-electron chi connectivity index (χ2n) is 7.75. The molecule has 0 N–H and O–H groups in total. The van der Waals surface area contributed by atoms with E-state index in [2.05, 4.69) is 0 Å². The van der Waals surface area contributed by atoms with E-state index in [9.17, 15) is 14.0 Å². The minimum Gasteiger partial charge on any atom is -0.497 e. The minimum absolute atomic E-state index is 0.00377. The molecule has 2 aromatic carbocycles. The van der Waals surface area contributed by atoms with Crippen LogP contribution in [0.1, 0.15) is 40.0 Å². The summed E-state index contributed by atoms with van der Waals surface area (Å²) in [5.41, 5.74) is 1.01. The molecule has 29 heavy (non-hydrogen) atoms. The Kier molecular flexibility index (Phi) is 5.51. The Morgan fingerprint density at radius 1 is 1.00 bits per heavy atom. The lowest BCUT2D eigenvalue weighted by Crippen LogP contribution is -2.56. The number of amides is 2. The first-order valence-corrected chi connectivity index (χ1v) is 10.1. The first-order chi connectivity index (χ1) is 14.1. The van der Waals surface area contributed by atoms with Crippen LogP contribution in [0.4, 0.5) is 4.39 Å². The van der Waals surface area contributed by atoms with E-state index >= 15 is 0 Å². The molecule has 2 amide bonds. The quantitative estimate of drug-likeness (QED) is 0.797. The molecule has 0 aromatic heterocycles. The van der Waals surface area contributed by atoms with Gasteiger partial charge in [-0.1, -0.05) is 12.1 Å². The lowest BCUT2D eigenvalue weighted by atomic mass is 9.83. The van der Waals surface area contributed by atoms with Crippen molar-refractivity contribution < 1.29 is 18.7 Å². The van der Waals surface area contributed by atoms with Gasteiger partial charge in [-0.25, -0.2) is 4.39 Å². The van der Waals surface area contributed by atoms with Crippen molar-refractivity contribution in [3.63, 3.8) is 0 Å². The molecule has 2 aliphatic heterocycles. The summed E-state index contributed by atoms with van der Waals surface area (Å²) in [7, 11) is 1.58. The zero-order valence-corrected chi connectivity index (χ0v) is 16.5. The summed E-state index contributed by atoms with van der Waals surface area (Å²) >= 11 is 0. The number of halogens is 1. The van der Waals surface area contributed by atoms with Crippen LogP contribution in [0.25, 0.3) is 0 Å². The van der Waals surface area contributed by atoms with Crippen molar-refractivity contribution in [3.05, 3.63) is 65.5 Å². The van der Waals surface area contributed by atoms with E-state index in [1.807, 2.05) is 21.9 Å². The summed E-state index contributed by atoms with van der Waals surface area (Å²) in [6, 6.07) is 13.2. The van der Waals surface area contributed by atoms with Crippen molar-refractivity contribution >= 4 is 11.8 Å². The molecule has 0 spiro atoms. The molecule has 0 aliphatic carbocycles. The molecule has 0 radical (unpaired) electrons. The standard InChI is InChI=1S/C23H25FN2O3/c1-29-20-9-3-6-17(14-20)22(27)25-12-10-21-18(15-25)7-4-11-26(21)23(28)16-5-2-8-19(24)13-16/h2-3,5-6,8-9,13-14,18,21H,4,7,10-12,15H2,1H3/t18-,21-/m1/s1. The molecule has 2 heterocycles. The van der Waals surface area contributed by atoms with Crippen LogP contribution in [-0.2, 0) is 0 Å². The number of likely N-dealkylation sites (tertiary alicyclic amines) is 2. The molecule has 0 bridgehead atoms. The van der Waals surface area contributed by atoms with Gasteiger partial charge in [-0.3, -0.25) is 9.59 Å². The first-order valence-electron chi connectivity index (χ1n) is 10.1. The van der Waals surface area contributed by atoms with E-state index in [1.165, 1.54) is 12.1 Å². The number of rotatable bonds is 3. The Morgan fingerprint density at radius 2 is 1.76 bits per heavy atom. The molecular weight excluding hydrogens is 371 g/mol. The highest BCUT2D eigenvalue weighted by Gasteiger charge is 2.39. The molecule has 2 saturated heterocycles. The Labute approximate surface area is 170 Å².